The van der Waals surface area contributed by atoms with Gasteiger partial charge in [-0.25, -0.2) is 4.98 Å². The lowest BCUT2D eigenvalue weighted by Crippen LogP contribution is -2.25. The number of aromatic nitrogens is 2. The summed E-state index contributed by atoms with van der Waals surface area (Å²) >= 11 is 0. The van der Waals surface area contributed by atoms with Crippen LogP contribution in [-0.2, 0) is 27.1 Å². The van der Waals surface area contributed by atoms with Crippen molar-refractivity contribution in [2.24, 2.45) is 0 Å². The standard InChI is InChI=1S/C66H70N4O/c1-62(2,3)46-25-20-26-51(35-46)68-43-69(60-39-48(64(7,8)9)28-32-58(60)68)52-36-50(66(12,13)45-23-18-15-19-24-45)37-54(41-52)71-53-29-30-55-56-38-47(63(4,5)6)27-31-57(56)70(59(55)42-53)61-40-49(33-34-67-61)65(10,11)44-21-16-14-17-22-44/h14-42H,43H2,1-13H3. The molecule has 5 nitrogen and oxygen atoms in total. The lowest BCUT2D eigenvalue weighted by molar-refractivity contribution is 0.480. The van der Waals surface area contributed by atoms with E-state index >= 15 is 0 Å². The predicted octanol–water partition coefficient (Wildman–Crippen LogP) is 17.8. The number of hydrogen-bond donors (Lipinski definition) is 0. The third-order valence-corrected chi connectivity index (χ3v) is 15.2. The maximum atomic E-state index is 7.22. The number of pyridine rings is 1. The number of rotatable bonds is 9. The molecule has 0 atom stereocenters. The molecule has 1 aliphatic heterocycles. The molecule has 0 spiro atoms. The van der Waals surface area contributed by atoms with Gasteiger partial charge in [-0.1, -0.05) is 175 Å². The van der Waals surface area contributed by atoms with E-state index in [2.05, 4.69) is 274 Å². The molecule has 0 bridgehead atoms. The van der Waals surface area contributed by atoms with Gasteiger partial charge in [0, 0.05) is 51.3 Å². The number of ether oxygens (including phenoxy) is 1. The molecule has 2 aromatic heterocycles. The van der Waals surface area contributed by atoms with E-state index in [0.717, 1.165) is 39.4 Å². The van der Waals surface area contributed by atoms with Gasteiger partial charge in [0.25, 0.3) is 0 Å². The van der Waals surface area contributed by atoms with E-state index < -0.39 is 0 Å². The molecule has 0 radical (unpaired) electrons. The van der Waals surface area contributed by atoms with Crippen LogP contribution in [0.4, 0.5) is 22.7 Å². The molecule has 5 heteroatoms. The van der Waals surface area contributed by atoms with Gasteiger partial charge in [0.1, 0.15) is 24.0 Å². The minimum atomic E-state index is -0.336. The van der Waals surface area contributed by atoms with Crippen molar-refractivity contribution in [1.29, 1.82) is 0 Å². The quantitative estimate of drug-likeness (QED) is 0.144. The summed E-state index contributed by atoms with van der Waals surface area (Å²) in [6.45, 7) is 30.5. The highest BCUT2D eigenvalue weighted by Gasteiger charge is 2.33. The zero-order valence-corrected chi connectivity index (χ0v) is 44.1. The van der Waals surface area contributed by atoms with Gasteiger partial charge in [-0.15, -0.1) is 0 Å². The highest BCUT2D eigenvalue weighted by molar-refractivity contribution is 6.10. The van der Waals surface area contributed by atoms with Crippen molar-refractivity contribution in [2.75, 3.05) is 16.5 Å². The van der Waals surface area contributed by atoms with Crippen molar-refractivity contribution in [3.63, 3.8) is 0 Å². The summed E-state index contributed by atoms with van der Waals surface area (Å²) in [4.78, 5) is 10.0. The van der Waals surface area contributed by atoms with Gasteiger partial charge in [0.2, 0.25) is 0 Å². The van der Waals surface area contributed by atoms with E-state index in [4.69, 9.17) is 9.72 Å². The predicted molar refractivity (Wildman–Crippen MR) is 300 cm³/mol. The van der Waals surface area contributed by atoms with Crippen LogP contribution in [0.25, 0.3) is 27.6 Å². The van der Waals surface area contributed by atoms with E-state index in [0.29, 0.717) is 6.67 Å². The summed E-state index contributed by atoms with van der Waals surface area (Å²) in [5.41, 5.74) is 15.0. The molecule has 0 saturated heterocycles. The molecule has 0 aliphatic carbocycles. The Morgan fingerprint density at radius 2 is 0.958 bits per heavy atom. The van der Waals surface area contributed by atoms with Gasteiger partial charge < -0.3 is 14.5 Å². The molecule has 0 N–H and O–H groups in total. The monoisotopic (exact) mass is 935 g/mol. The smallest absolute Gasteiger partial charge is 0.137 e. The molecule has 3 heterocycles. The van der Waals surface area contributed by atoms with Gasteiger partial charge in [0.15, 0.2) is 0 Å². The van der Waals surface area contributed by atoms with Crippen molar-refractivity contribution in [1.82, 2.24) is 9.55 Å². The second kappa shape index (κ2) is 17.3. The van der Waals surface area contributed by atoms with Gasteiger partial charge in [-0.05, 0) is 128 Å². The fourth-order valence-corrected chi connectivity index (χ4v) is 10.4. The van der Waals surface area contributed by atoms with Crippen molar-refractivity contribution in [3.05, 3.63) is 215 Å². The van der Waals surface area contributed by atoms with Crippen LogP contribution in [0.15, 0.2) is 176 Å². The summed E-state index contributed by atoms with van der Waals surface area (Å²) < 4.78 is 9.54. The van der Waals surface area contributed by atoms with Gasteiger partial charge >= 0.3 is 0 Å². The third-order valence-electron chi connectivity index (χ3n) is 15.2. The first-order valence-corrected chi connectivity index (χ1v) is 25.4. The van der Waals surface area contributed by atoms with Crippen molar-refractivity contribution >= 4 is 44.6 Å². The summed E-state index contributed by atoms with van der Waals surface area (Å²) in [5, 5.41) is 2.36. The van der Waals surface area contributed by atoms with Gasteiger partial charge in [0.05, 0.1) is 22.4 Å². The molecule has 0 unspecified atom stereocenters. The number of fused-ring (bicyclic) bond motifs is 4. The number of hydrogen-bond acceptors (Lipinski definition) is 4. The molecular formula is C66H70N4O. The van der Waals surface area contributed by atoms with Crippen LogP contribution in [0, 0.1) is 0 Å². The minimum Gasteiger partial charge on any atom is -0.457 e. The molecule has 0 fully saturated rings. The second-order valence-electron chi connectivity index (χ2n) is 24.0. The Morgan fingerprint density at radius 3 is 1.62 bits per heavy atom. The Balaban J connectivity index is 1.13. The van der Waals surface area contributed by atoms with Crippen LogP contribution < -0.4 is 14.5 Å². The Morgan fingerprint density at radius 1 is 0.380 bits per heavy atom. The number of benzene rings is 7. The zero-order chi connectivity index (χ0) is 50.3. The van der Waals surface area contributed by atoms with Crippen LogP contribution >= 0.6 is 0 Å². The van der Waals surface area contributed by atoms with E-state index in [1.807, 2.05) is 6.20 Å². The minimum absolute atomic E-state index is 0.0164. The molecule has 1 aliphatic rings. The SMILES string of the molecule is CC(C)(C)c1cccc(N2CN(c3cc(Oc4ccc5c6cc(C(C)(C)C)ccc6n(-c6cc(C(C)(C)c7ccccc7)ccn6)c5c4)cc(C(C)(C)c4ccccc4)c3)c3cc(C(C)(C)C)ccc32)c1. The third kappa shape index (κ3) is 8.90. The van der Waals surface area contributed by atoms with E-state index in [9.17, 15) is 0 Å². The molecule has 71 heavy (non-hydrogen) atoms. The fourth-order valence-electron chi connectivity index (χ4n) is 10.4. The molecule has 0 amide bonds. The van der Waals surface area contributed by atoms with Crippen molar-refractivity contribution in [3.8, 4) is 17.3 Å². The van der Waals surface area contributed by atoms with Crippen LogP contribution in [0.5, 0.6) is 11.5 Å². The second-order valence-corrected chi connectivity index (χ2v) is 24.0. The first kappa shape index (κ1) is 47.6. The molecular weight excluding hydrogens is 865 g/mol. The fraction of sp³-hybridized carbons (Fsp3) is 0.288. The Kier molecular flexibility index (Phi) is 11.6. The first-order chi connectivity index (χ1) is 33.6. The maximum Gasteiger partial charge on any atom is 0.137 e. The van der Waals surface area contributed by atoms with Crippen molar-refractivity contribution in [2.45, 2.75) is 117 Å². The zero-order valence-electron chi connectivity index (χ0n) is 44.1. The molecule has 10 rings (SSSR count). The summed E-state index contributed by atoms with van der Waals surface area (Å²) in [5.74, 6) is 2.42. The topological polar surface area (TPSA) is 33.5 Å². The van der Waals surface area contributed by atoms with E-state index in [1.165, 1.54) is 61.4 Å². The molecule has 0 saturated carbocycles. The van der Waals surface area contributed by atoms with Crippen LogP contribution in [-0.4, -0.2) is 16.2 Å². The van der Waals surface area contributed by atoms with Gasteiger partial charge in [-0.3, -0.25) is 4.57 Å². The highest BCUT2D eigenvalue weighted by atomic mass is 16.5. The normalized spacial score (nSPS) is 13.6. The average Bonchev–Trinajstić information content (AvgIpc) is 3.89. The molecule has 7 aromatic carbocycles. The van der Waals surface area contributed by atoms with Crippen molar-refractivity contribution < 1.29 is 4.74 Å². The van der Waals surface area contributed by atoms with Crippen LogP contribution in [0.3, 0.4) is 0 Å². The maximum absolute atomic E-state index is 7.22. The van der Waals surface area contributed by atoms with E-state index in [-0.39, 0.29) is 27.1 Å². The summed E-state index contributed by atoms with van der Waals surface area (Å²) in [7, 11) is 0. The lowest BCUT2D eigenvalue weighted by Gasteiger charge is -2.30. The highest BCUT2D eigenvalue weighted by Crippen LogP contribution is 2.49. The largest absolute Gasteiger partial charge is 0.457 e. The Bertz CT molecular complexity index is 3430. The molecule has 360 valence electrons. The molecule has 9 aromatic rings. The Labute approximate surface area is 422 Å². The summed E-state index contributed by atoms with van der Waals surface area (Å²) in [6, 6.07) is 62.5. The first-order valence-electron chi connectivity index (χ1n) is 25.4. The van der Waals surface area contributed by atoms with Crippen LogP contribution in [0.1, 0.15) is 129 Å². The average molecular weight is 935 g/mol. The summed E-state index contributed by atoms with van der Waals surface area (Å²) in [6.07, 6.45) is 1.96. The van der Waals surface area contributed by atoms with Crippen LogP contribution in [0.2, 0.25) is 0 Å². The number of anilines is 4. The van der Waals surface area contributed by atoms with Gasteiger partial charge in [-0.2, -0.15) is 0 Å². The number of nitrogens with zero attached hydrogens (tertiary/aromatic N) is 4. The lowest BCUT2D eigenvalue weighted by atomic mass is 9.78. The van der Waals surface area contributed by atoms with E-state index in [1.54, 1.807) is 0 Å². The Hall–Kier alpha value is -7.11.